The van der Waals surface area contributed by atoms with Gasteiger partial charge >= 0.3 is 11.9 Å². The van der Waals surface area contributed by atoms with Crippen molar-refractivity contribution in [1.29, 1.82) is 0 Å². The SMILES string of the molecule is Cn1c(=O)c2c(C(F)(F)F)cc([C@@H]3CCCCN3CC3CC3)nc2n(C)c1=O. The van der Waals surface area contributed by atoms with E-state index in [1.807, 2.05) is 0 Å². The second-order valence-corrected chi connectivity index (χ2v) is 7.95. The van der Waals surface area contributed by atoms with Crippen molar-refractivity contribution in [2.75, 3.05) is 13.1 Å². The molecule has 2 aromatic heterocycles. The Morgan fingerprint density at radius 3 is 2.46 bits per heavy atom. The van der Waals surface area contributed by atoms with Crippen molar-refractivity contribution in [2.24, 2.45) is 20.0 Å². The second-order valence-electron chi connectivity index (χ2n) is 7.95. The van der Waals surface area contributed by atoms with Crippen LogP contribution < -0.4 is 11.2 Å². The minimum atomic E-state index is -4.71. The van der Waals surface area contributed by atoms with Crippen LogP contribution in [0.1, 0.15) is 49.4 Å². The molecule has 28 heavy (non-hydrogen) atoms. The maximum atomic E-state index is 13.8. The molecule has 2 aliphatic rings. The molecule has 9 heteroatoms. The van der Waals surface area contributed by atoms with E-state index in [0.717, 1.165) is 55.8 Å². The van der Waals surface area contributed by atoms with Crippen molar-refractivity contribution in [1.82, 2.24) is 19.0 Å². The Labute approximate surface area is 159 Å². The molecule has 0 amide bonds. The maximum absolute atomic E-state index is 13.8. The van der Waals surface area contributed by atoms with E-state index in [9.17, 15) is 22.8 Å². The van der Waals surface area contributed by atoms with E-state index >= 15 is 0 Å². The lowest BCUT2D eigenvalue weighted by Crippen LogP contribution is -2.39. The molecule has 1 aliphatic carbocycles. The lowest BCUT2D eigenvalue weighted by Gasteiger charge is -2.35. The van der Waals surface area contributed by atoms with E-state index in [4.69, 9.17) is 0 Å². The van der Waals surface area contributed by atoms with Crippen molar-refractivity contribution in [3.05, 3.63) is 38.2 Å². The van der Waals surface area contributed by atoms with Crippen molar-refractivity contribution in [3.8, 4) is 0 Å². The Bertz CT molecular complexity index is 1040. The molecule has 1 aliphatic heterocycles. The molecule has 2 aromatic rings. The van der Waals surface area contributed by atoms with Crippen molar-refractivity contribution < 1.29 is 13.2 Å². The van der Waals surface area contributed by atoms with Crippen LogP contribution in [0.4, 0.5) is 13.2 Å². The van der Waals surface area contributed by atoms with E-state index in [2.05, 4.69) is 9.88 Å². The fourth-order valence-corrected chi connectivity index (χ4v) is 4.15. The van der Waals surface area contributed by atoms with Gasteiger partial charge in [0.05, 0.1) is 22.7 Å². The van der Waals surface area contributed by atoms with Gasteiger partial charge in [0, 0.05) is 20.6 Å². The highest BCUT2D eigenvalue weighted by molar-refractivity contribution is 5.79. The summed E-state index contributed by atoms with van der Waals surface area (Å²) >= 11 is 0. The zero-order valence-corrected chi connectivity index (χ0v) is 15.9. The van der Waals surface area contributed by atoms with Gasteiger partial charge in [0.15, 0.2) is 0 Å². The highest BCUT2D eigenvalue weighted by Gasteiger charge is 2.38. The zero-order chi connectivity index (χ0) is 20.2. The van der Waals surface area contributed by atoms with Gasteiger partial charge in [0.1, 0.15) is 5.65 Å². The quantitative estimate of drug-likeness (QED) is 0.800. The van der Waals surface area contributed by atoms with Gasteiger partial charge in [0.2, 0.25) is 0 Å². The molecule has 3 heterocycles. The molecule has 0 unspecified atom stereocenters. The molecule has 0 aromatic carbocycles. The highest BCUT2D eigenvalue weighted by Crippen LogP contribution is 2.39. The molecule has 0 N–H and O–H groups in total. The molecule has 0 spiro atoms. The summed E-state index contributed by atoms with van der Waals surface area (Å²) in [4.78, 5) is 31.4. The first kappa shape index (κ1) is 19.2. The Morgan fingerprint density at radius 1 is 1.11 bits per heavy atom. The van der Waals surface area contributed by atoms with Crippen LogP contribution in [-0.4, -0.2) is 32.1 Å². The average molecular weight is 396 g/mol. The predicted molar refractivity (Wildman–Crippen MR) is 98.1 cm³/mol. The van der Waals surface area contributed by atoms with Crippen LogP contribution in [0.5, 0.6) is 0 Å². The molecule has 0 radical (unpaired) electrons. The van der Waals surface area contributed by atoms with Crippen LogP contribution in [0.25, 0.3) is 11.0 Å². The minimum Gasteiger partial charge on any atom is -0.294 e. The molecular weight excluding hydrogens is 373 g/mol. The first-order chi connectivity index (χ1) is 13.2. The Hall–Kier alpha value is -2.16. The van der Waals surface area contributed by atoms with Gasteiger partial charge in [-0.3, -0.25) is 18.8 Å². The molecule has 0 bridgehead atoms. The number of hydrogen-bond donors (Lipinski definition) is 0. The number of aryl methyl sites for hydroxylation is 1. The number of hydrogen-bond acceptors (Lipinski definition) is 4. The number of rotatable bonds is 3. The number of alkyl halides is 3. The van der Waals surface area contributed by atoms with Gasteiger partial charge in [0.25, 0.3) is 5.56 Å². The third-order valence-electron chi connectivity index (χ3n) is 5.88. The normalized spacial score (nSPS) is 21.4. The van der Waals surface area contributed by atoms with Crippen LogP contribution in [0.3, 0.4) is 0 Å². The maximum Gasteiger partial charge on any atom is 0.417 e. The van der Waals surface area contributed by atoms with Crippen molar-refractivity contribution in [3.63, 3.8) is 0 Å². The van der Waals surface area contributed by atoms with Gasteiger partial charge in [-0.15, -0.1) is 0 Å². The fraction of sp³-hybridized carbons (Fsp3) is 0.632. The summed E-state index contributed by atoms with van der Waals surface area (Å²) in [5.41, 5.74) is -2.57. The lowest BCUT2D eigenvalue weighted by atomic mass is 9.96. The smallest absolute Gasteiger partial charge is 0.294 e. The van der Waals surface area contributed by atoms with Crippen LogP contribution in [0.2, 0.25) is 0 Å². The molecule has 1 atom stereocenters. The number of pyridine rings is 1. The van der Waals surface area contributed by atoms with Crippen LogP contribution >= 0.6 is 0 Å². The number of likely N-dealkylation sites (tertiary alicyclic amines) is 1. The third-order valence-corrected chi connectivity index (χ3v) is 5.88. The number of nitrogens with zero attached hydrogens (tertiary/aromatic N) is 4. The van der Waals surface area contributed by atoms with Crippen molar-refractivity contribution >= 4 is 11.0 Å². The number of piperidine rings is 1. The summed E-state index contributed by atoms with van der Waals surface area (Å²) in [7, 11) is 2.53. The first-order valence-corrected chi connectivity index (χ1v) is 9.60. The predicted octanol–water partition coefficient (Wildman–Crippen LogP) is 2.59. The molecule has 1 saturated carbocycles. The van der Waals surface area contributed by atoms with E-state index in [-0.39, 0.29) is 11.7 Å². The molecule has 2 fully saturated rings. The summed E-state index contributed by atoms with van der Waals surface area (Å²) in [6.45, 7) is 1.69. The summed E-state index contributed by atoms with van der Waals surface area (Å²) < 4.78 is 43.3. The highest BCUT2D eigenvalue weighted by atomic mass is 19.4. The Kier molecular flexibility index (Phi) is 4.60. The minimum absolute atomic E-state index is 0.199. The first-order valence-electron chi connectivity index (χ1n) is 9.60. The van der Waals surface area contributed by atoms with Gasteiger partial charge in [-0.1, -0.05) is 6.42 Å². The van der Waals surface area contributed by atoms with Gasteiger partial charge in [-0.2, -0.15) is 13.2 Å². The summed E-state index contributed by atoms with van der Waals surface area (Å²) in [5, 5.41) is -0.551. The van der Waals surface area contributed by atoms with Crippen LogP contribution in [0.15, 0.2) is 15.7 Å². The second kappa shape index (κ2) is 6.72. The molecule has 1 saturated heterocycles. The zero-order valence-electron chi connectivity index (χ0n) is 15.9. The van der Waals surface area contributed by atoms with E-state index < -0.39 is 28.4 Å². The third kappa shape index (κ3) is 3.25. The fourth-order valence-electron chi connectivity index (χ4n) is 4.15. The average Bonchev–Trinajstić information content (AvgIpc) is 3.47. The van der Waals surface area contributed by atoms with E-state index in [0.29, 0.717) is 16.2 Å². The van der Waals surface area contributed by atoms with E-state index in [1.165, 1.54) is 14.1 Å². The van der Waals surface area contributed by atoms with Gasteiger partial charge in [-0.25, -0.2) is 9.78 Å². The Morgan fingerprint density at radius 2 is 1.82 bits per heavy atom. The molecule has 6 nitrogen and oxygen atoms in total. The molecule has 4 rings (SSSR count). The molecule has 152 valence electrons. The largest absolute Gasteiger partial charge is 0.417 e. The topological polar surface area (TPSA) is 60.1 Å². The van der Waals surface area contributed by atoms with Gasteiger partial charge in [-0.05, 0) is 44.2 Å². The lowest BCUT2D eigenvalue weighted by molar-refractivity contribution is -0.136. The number of halogens is 3. The van der Waals surface area contributed by atoms with Crippen LogP contribution in [-0.2, 0) is 20.3 Å². The van der Waals surface area contributed by atoms with E-state index in [1.54, 1.807) is 0 Å². The summed E-state index contributed by atoms with van der Waals surface area (Å²) in [6, 6.07) is 0.795. The monoisotopic (exact) mass is 396 g/mol. The summed E-state index contributed by atoms with van der Waals surface area (Å²) in [6.07, 6.45) is 0.264. The van der Waals surface area contributed by atoms with Crippen LogP contribution in [0, 0.1) is 5.92 Å². The number of aromatic nitrogens is 3. The van der Waals surface area contributed by atoms with Crippen molar-refractivity contribution in [2.45, 2.75) is 44.3 Å². The number of fused-ring (bicyclic) bond motifs is 1. The standard InChI is InChI=1S/C19H23F3N4O2/c1-24-16-15(17(27)25(2)18(24)28)12(19(20,21)22)9-13(23-16)14-5-3-4-8-26(14)10-11-6-7-11/h9,11,14H,3-8,10H2,1-2H3/t14-/m0/s1. The molecular formula is C19H23F3N4O2. The Balaban J connectivity index is 1.94. The summed E-state index contributed by atoms with van der Waals surface area (Å²) in [5.74, 6) is 0.611. The van der Waals surface area contributed by atoms with Gasteiger partial charge < -0.3 is 0 Å².